The maximum Gasteiger partial charge on any atom is 0.326 e. The molecule has 0 bridgehead atoms. The molecule has 0 aromatic heterocycles. The van der Waals surface area contributed by atoms with Crippen LogP contribution in [0.1, 0.15) is 31.2 Å². The minimum atomic E-state index is -3.95. The summed E-state index contributed by atoms with van der Waals surface area (Å²) < 4.78 is 27.0. The SMILES string of the molecule is O=C(O)C1CC(S(=O)(=O)c2ccc(N3CCC3)cc2Cl)CN1C(=O)C1(c2ccc(Cl)cc2)CC1. The van der Waals surface area contributed by atoms with Crippen LogP contribution in [0, 0.1) is 0 Å². The summed E-state index contributed by atoms with van der Waals surface area (Å²) in [5, 5.41) is 9.43. The number of amides is 1. The topological polar surface area (TPSA) is 95.0 Å². The quantitative estimate of drug-likeness (QED) is 0.620. The summed E-state index contributed by atoms with van der Waals surface area (Å²) in [6.07, 6.45) is 2.07. The molecule has 10 heteroatoms. The summed E-state index contributed by atoms with van der Waals surface area (Å²) in [5.41, 5.74) is 0.801. The number of carbonyl (C=O) groups is 2. The van der Waals surface area contributed by atoms with E-state index in [9.17, 15) is 23.1 Å². The van der Waals surface area contributed by atoms with Gasteiger partial charge in [0.15, 0.2) is 9.84 Å². The Morgan fingerprint density at radius 3 is 2.24 bits per heavy atom. The third-order valence-electron chi connectivity index (χ3n) is 7.25. The molecule has 2 atom stereocenters. The molecule has 1 N–H and O–H groups in total. The van der Waals surface area contributed by atoms with Crippen molar-refractivity contribution in [2.45, 2.75) is 47.3 Å². The monoisotopic (exact) mass is 522 g/mol. The Bertz CT molecular complexity index is 1260. The van der Waals surface area contributed by atoms with Gasteiger partial charge in [0.2, 0.25) is 5.91 Å². The molecule has 0 spiro atoms. The normalized spacial score (nSPS) is 23.5. The smallest absolute Gasteiger partial charge is 0.326 e. The molecule has 1 aliphatic carbocycles. The van der Waals surface area contributed by atoms with Gasteiger partial charge in [-0.05, 0) is 61.6 Å². The van der Waals surface area contributed by atoms with Crippen LogP contribution in [0.4, 0.5) is 5.69 Å². The second kappa shape index (κ2) is 8.43. The number of carbonyl (C=O) groups excluding carboxylic acids is 1. The summed E-state index contributed by atoms with van der Waals surface area (Å²) in [6, 6.07) is 10.6. The third-order valence-corrected chi connectivity index (χ3v) is 10.1. The zero-order chi connectivity index (χ0) is 24.3. The van der Waals surface area contributed by atoms with E-state index in [0.29, 0.717) is 17.9 Å². The van der Waals surface area contributed by atoms with Gasteiger partial charge in [-0.15, -0.1) is 0 Å². The Balaban J connectivity index is 1.42. The van der Waals surface area contributed by atoms with Crippen LogP contribution in [0.3, 0.4) is 0 Å². The summed E-state index contributed by atoms with van der Waals surface area (Å²) in [5.74, 6) is -1.56. The molecular weight excluding hydrogens is 499 g/mol. The number of halogens is 2. The van der Waals surface area contributed by atoms with Gasteiger partial charge in [0.05, 0.1) is 20.6 Å². The lowest BCUT2D eigenvalue weighted by Crippen LogP contribution is -2.46. The zero-order valence-corrected chi connectivity index (χ0v) is 20.6. The fourth-order valence-corrected chi connectivity index (χ4v) is 7.31. The lowest BCUT2D eigenvalue weighted by Gasteiger charge is -2.33. The summed E-state index contributed by atoms with van der Waals surface area (Å²) in [7, 11) is -3.95. The number of hydrogen-bond donors (Lipinski definition) is 1. The molecule has 0 radical (unpaired) electrons. The molecule has 2 aliphatic heterocycles. The highest BCUT2D eigenvalue weighted by Gasteiger charge is 2.57. The fourth-order valence-electron chi connectivity index (χ4n) is 4.95. The standard InChI is InChI=1S/C24H24Cl2N2O5S/c25-16-4-2-15(3-5-16)24(8-9-24)23(31)28-14-18(13-20(28)22(29)30)34(32,33)21-7-6-17(12-19(21)26)27-10-1-11-27/h2-7,12,18,20H,1,8-11,13-14H2,(H,29,30). The first kappa shape index (κ1) is 23.5. The van der Waals surface area contributed by atoms with Gasteiger partial charge in [-0.2, -0.15) is 0 Å². The van der Waals surface area contributed by atoms with Crippen LogP contribution >= 0.6 is 23.2 Å². The third kappa shape index (κ3) is 3.85. The number of hydrogen-bond acceptors (Lipinski definition) is 5. The fraction of sp³-hybridized carbons (Fsp3) is 0.417. The number of anilines is 1. The maximum absolute atomic E-state index is 13.6. The van der Waals surface area contributed by atoms with Gasteiger partial charge in [-0.25, -0.2) is 13.2 Å². The zero-order valence-electron chi connectivity index (χ0n) is 18.3. The van der Waals surface area contributed by atoms with Crippen molar-refractivity contribution in [2.75, 3.05) is 24.5 Å². The van der Waals surface area contributed by atoms with Crippen LogP contribution in [0.2, 0.25) is 10.0 Å². The summed E-state index contributed by atoms with van der Waals surface area (Å²) in [4.78, 5) is 28.9. The molecule has 2 aromatic carbocycles. The van der Waals surface area contributed by atoms with Gasteiger partial charge in [0.25, 0.3) is 0 Å². The lowest BCUT2D eigenvalue weighted by atomic mass is 9.94. The van der Waals surface area contributed by atoms with Crippen LogP contribution in [0.5, 0.6) is 0 Å². The van der Waals surface area contributed by atoms with Crippen molar-refractivity contribution in [3.05, 3.63) is 58.1 Å². The van der Waals surface area contributed by atoms with Crippen molar-refractivity contribution in [1.82, 2.24) is 4.90 Å². The van der Waals surface area contributed by atoms with Crippen LogP contribution in [0.15, 0.2) is 47.4 Å². The summed E-state index contributed by atoms with van der Waals surface area (Å²) >= 11 is 12.4. The van der Waals surface area contributed by atoms with Crippen LogP contribution in [-0.2, 0) is 24.8 Å². The largest absolute Gasteiger partial charge is 0.480 e. The maximum atomic E-state index is 13.6. The molecule has 2 saturated heterocycles. The van der Waals surface area contributed by atoms with Gasteiger partial charge in [-0.1, -0.05) is 35.3 Å². The molecule has 3 fully saturated rings. The Hall–Kier alpha value is -2.29. The highest BCUT2D eigenvalue weighted by atomic mass is 35.5. The molecule has 3 aliphatic rings. The Kier molecular flexibility index (Phi) is 5.81. The summed E-state index contributed by atoms with van der Waals surface area (Å²) in [6.45, 7) is 1.62. The van der Waals surface area contributed by atoms with E-state index >= 15 is 0 Å². The highest BCUT2D eigenvalue weighted by Crippen LogP contribution is 2.51. The minimum absolute atomic E-state index is 0.0271. The van der Waals surface area contributed by atoms with Gasteiger partial charge in [0.1, 0.15) is 6.04 Å². The van der Waals surface area contributed by atoms with Crippen molar-refractivity contribution >= 4 is 50.6 Å². The van der Waals surface area contributed by atoms with E-state index in [0.717, 1.165) is 30.8 Å². The van der Waals surface area contributed by atoms with E-state index in [1.807, 2.05) is 0 Å². The van der Waals surface area contributed by atoms with Gasteiger partial charge < -0.3 is 14.9 Å². The lowest BCUT2D eigenvalue weighted by molar-refractivity contribution is -0.149. The molecule has 5 rings (SSSR count). The van der Waals surface area contributed by atoms with E-state index in [1.165, 1.54) is 11.0 Å². The van der Waals surface area contributed by atoms with Crippen LogP contribution in [0.25, 0.3) is 0 Å². The first-order valence-corrected chi connectivity index (χ1v) is 13.5. The molecule has 1 saturated carbocycles. The van der Waals surface area contributed by atoms with Gasteiger partial charge in [-0.3, -0.25) is 4.79 Å². The van der Waals surface area contributed by atoms with Crippen molar-refractivity contribution in [3.63, 3.8) is 0 Å². The predicted octanol–water partition coefficient (Wildman–Crippen LogP) is 3.76. The van der Waals surface area contributed by atoms with E-state index in [1.54, 1.807) is 36.4 Å². The molecule has 34 heavy (non-hydrogen) atoms. The predicted molar refractivity (Wildman–Crippen MR) is 129 cm³/mol. The minimum Gasteiger partial charge on any atom is -0.480 e. The number of benzene rings is 2. The number of sulfone groups is 1. The molecule has 2 aromatic rings. The van der Waals surface area contributed by atoms with E-state index in [2.05, 4.69) is 4.90 Å². The number of aliphatic carboxylic acids is 1. The van der Waals surface area contributed by atoms with Crippen molar-refractivity contribution in [2.24, 2.45) is 0 Å². The molecule has 1 amide bonds. The van der Waals surface area contributed by atoms with Crippen molar-refractivity contribution in [1.29, 1.82) is 0 Å². The Labute approximate surface area is 208 Å². The first-order chi connectivity index (χ1) is 16.1. The number of likely N-dealkylation sites (tertiary alicyclic amines) is 1. The average Bonchev–Trinajstić information content (AvgIpc) is 3.42. The van der Waals surface area contributed by atoms with Gasteiger partial charge in [0, 0.05) is 30.3 Å². The number of nitrogens with zero attached hydrogens (tertiary/aromatic N) is 2. The molecular formula is C24H24Cl2N2O5S. The van der Waals surface area contributed by atoms with E-state index in [-0.39, 0.29) is 28.8 Å². The number of carboxylic acids is 1. The van der Waals surface area contributed by atoms with Crippen molar-refractivity contribution < 1.29 is 23.1 Å². The Morgan fingerprint density at radius 2 is 1.71 bits per heavy atom. The molecule has 7 nitrogen and oxygen atoms in total. The molecule has 2 heterocycles. The van der Waals surface area contributed by atoms with Crippen LogP contribution in [-0.4, -0.2) is 61.2 Å². The average molecular weight is 523 g/mol. The second-order valence-corrected chi connectivity index (χ2v) is 12.3. The number of carboxylic acid groups (broad SMARTS) is 1. The number of rotatable bonds is 6. The van der Waals surface area contributed by atoms with Gasteiger partial charge >= 0.3 is 5.97 Å². The van der Waals surface area contributed by atoms with E-state index < -0.39 is 32.5 Å². The Morgan fingerprint density at radius 1 is 1.03 bits per heavy atom. The molecule has 2 unspecified atom stereocenters. The van der Waals surface area contributed by atoms with Crippen LogP contribution < -0.4 is 4.90 Å². The first-order valence-electron chi connectivity index (χ1n) is 11.2. The highest BCUT2D eigenvalue weighted by molar-refractivity contribution is 7.92. The van der Waals surface area contributed by atoms with Crippen molar-refractivity contribution in [3.8, 4) is 0 Å². The molecule has 180 valence electrons. The van der Waals surface area contributed by atoms with E-state index in [4.69, 9.17) is 23.2 Å². The second-order valence-electron chi connectivity index (χ2n) is 9.26.